The number of primary amides is 1. The molecule has 23 heavy (non-hydrogen) atoms. The maximum absolute atomic E-state index is 11.1. The molecule has 1 aliphatic heterocycles. The standard InChI is InChI=1S/C20H26N2O/c1-4-22-16-13-12-14-8-5-6-9-15(14)19(16)20(2,3)17(22)10-7-11-18(21)23/h5-6,8-9,12-13,17H,4,7,10-11H2,1-3H3,(H2,21,23). The van der Waals surface area contributed by atoms with Crippen LogP contribution in [-0.4, -0.2) is 18.5 Å². The molecule has 1 unspecified atom stereocenters. The van der Waals surface area contributed by atoms with Gasteiger partial charge in [0.25, 0.3) is 0 Å². The van der Waals surface area contributed by atoms with Crippen LogP contribution in [0.1, 0.15) is 45.6 Å². The van der Waals surface area contributed by atoms with E-state index in [0.717, 1.165) is 19.4 Å². The smallest absolute Gasteiger partial charge is 0.217 e. The van der Waals surface area contributed by atoms with E-state index in [1.165, 1.54) is 22.0 Å². The molecule has 0 aliphatic carbocycles. The lowest BCUT2D eigenvalue weighted by Crippen LogP contribution is -2.41. The first-order chi connectivity index (χ1) is 11.0. The minimum absolute atomic E-state index is 0.0594. The van der Waals surface area contributed by atoms with E-state index in [9.17, 15) is 4.79 Å². The van der Waals surface area contributed by atoms with Crippen molar-refractivity contribution >= 4 is 22.4 Å². The summed E-state index contributed by atoms with van der Waals surface area (Å²) >= 11 is 0. The molecule has 0 spiro atoms. The van der Waals surface area contributed by atoms with Gasteiger partial charge in [-0.1, -0.05) is 44.2 Å². The fourth-order valence-corrected chi connectivity index (χ4v) is 4.28. The predicted octanol–water partition coefficient (Wildman–Crippen LogP) is 3.98. The maximum Gasteiger partial charge on any atom is 0.217 e. The average Bonchev–Trinajstić information content (AvgIpc) is 2.74. The molecule has 0 saturated carbocycles. The van der Waals surface area contributed by atoms with Crippen LogP contribution in [0.2, 0.25) is 0 Å². The molecule has 2 aromatic rings. The number of carbonyl (C=O) groups is 1. The van der Waals surface area contributed by atoms with Crippen LogP contribution < -0.4 is 10.6 Å². The molecule has 3 heteroatoms. The number of carbonyl (C=O) groups excluding carboxylic acids is 1. The van der Waals surface area contributed by atoms with E-state index in [2.05, 4.69) is 62.1 Å². The largest absolute Gasteiger partial charge is 0.370 e. The highest BCUT2D eigenvalue weighted by Crippen LogP contribution is 2.49. The quantitative estimate of drug-likeness (QED) is 0.908. The number of rotatable bonds is 5. The number of fused-ring (bicyclic) bond motifs is 3. The van der Waals surface area contributed by atoms with Crippen LogP contribution >= 0.6 is 0 Å². The third kappa shape index (κ3) is 2.58. The van der Waals surface area contributed by atoms with Gasteiger partial charge in [0.1, 0.15) is 0 Å². The topological polar surface area (TPSA) is 46.3 Å². The van der Waals surface area contributed by atoms with Crippen molar-refractivity contribution < 1.29 is 4.79 Å². The number of anilines is 1. The fourth-order valence-electron chi connectivity index (χ4n) is 4.28. The van der Waals surface area contributed by atoms with E-state index in [1.807, 2.05) is 0 Å². The maximum atomic E-state index is 11.1. The Morgan fingerprint density at radius 3 is 2.65 bits per heavy atom. The summed E-state index contributed by atoms with van der Waals surface area (Å²) in [6.07, 6.45) is 2.32. The van der Waals surface area contributed by atoms with Gasteiger partial charge in [0.2, 0.25) is 5.91 Å². The summed E-state index contributed by atoms with van der Waals surface area (Å²) in [5.74, 6) is -0.202. The molecule has 3 nitrogen and oxygen atoms in total. The predicted molar refractivity (Wildman–Crippen MR) is 96.8 cm³/mol. The van der Waals surface area contributed by atoms with Crippen molar-refractivity contribution in [3.05, 3.63) is 42.0 Å². The molecule has 3 rings (SSSR count). The zero-order chi connectivity index (χ0) is 16.6. The van der Waals surface area contributed by atoms with Gasteiger partial charge < -0.3 is 10.6 Å². The zero-order valence-corrected chi connectivity index (χ0v) is 14.3. The third-order valence-electron chi connectivity index (χ3n) is 5.31. The lowest BCUT2D eigenvalue weighted by atomic mass is 9.76. The molecule has 0 bridgehead atoms. The van der Waals surface area contributed by atoms with Crippen LogP contribution in [0.4, 0.5) is 5.69 Å². The van der Waals surface area contributed by atoms with Crippen molar-refractivity contribution in [2.45, 2.75) is 51.5 Å². The van der Waals surface area contributed by atoms with Crippen LogP contribution in [0.5, 0.6) is 0 Å². The summed E-state index contributed by atoms with van der Waals surface area (Å²) < 4.78 is 0. The Morgan fingerprint density at radius 2 is 1.96 bits per heavy atom. The van der Waals surface area contributed by atoms with E-state index < -0.39 is 0 Å². The molecule has 0 saturated heterocycles. The number of likely N-dealkylation sites (N-methyl/N-ethyl adjacent to an activating group) is 1. The van der Waals surface area contributed by atoms with Crippen LogP contribution in [-0.2, 0) is 10.2 Å². The number of benzene rings is 2. The Kier molecular flexibility index (Phi) is 4.05. The van der Waals surface area contributed by atoms with Gasteiger partial charge in [0, 0.05) is 30.1 Å². The van der Waals surface area contributed by atoms with Gasteiger partial charge in [-0.2, -0.15) is 0 Å². The highest BCUT2D eigenvalue weighted by atomic mass is 16.1. The Hall–Kier alpha value is -2.03. The SMILES string of the molecule is CCN1c2ccc3ccccc3c2C(C)(C)C1CCCC(N)=O. The molecule has 1 amide bonds. The lowest BCUT2D eigenvalue weighted by molar-refractivity contribution is -0.118. The second-order valence-electron chi connectivity index (χ2n) is 7.06. The van der Waals surface area contributed by atoms with Crippen molar-refractivity contribution in [1.29, 1.82) is 0 Å². The first-order valence-electron chi connectivity index (χ1n) is 8.54. The molecule has 2 aromatic carbocycles. The molecule has 1 heterocycles. The number of nitrogens with zero attached hydrogens (tertiary/aromatic N) is 1. The molecular weight excluding hydrogens is 284 g/mol. The van der Waals surface area contributed by atoms with E-state index in [1.54, 1.807) is 0 Å². The molecule has 1 atom stereocenters. The van der Waals surface area contributed by atoms with Crippen molar-refractivity contribution in [3.63, 3.8) is 0 Å². The van der Waals surface area contributed by atoms with Crippen LogP contribution in [0.25, 0.3) is 10.8 Å². The fraction of sp³-hybridized carbons (Fsp3) is 0.450. The molecule has 0 fully saturated rings. The van der Waals surface area contributed by atoms with Gasteiger partial charge in [0.15, 0.2) is 0 Å². The Balaban J connectivity index is 2.04. The molecule has 0 radical (unpaired) electrons. The average molecular weight is 310 g/mol. The third-order valence-corrected chi connectivity index (χ3v) is 5.31. The summed E-state index contributed by atoms with van der Waals surface area (Å²) in [4.78, 5) is 13.6. The van der Waals surface area contributed by atoms with Crippen molar-refractivity contribution in [3.8, 4) is 0 Å². The first kappa shape index (κ1) is 15.9. The van der Waals surface area contributed by atoms with Crippen molar-refractivity contribution in [1.82, 2.24) is 0 Å². The molecular formula is C20H26N2O. The van der Waals surface area contributed by atoms with Gasteiger partial charge in [-0.3, -0.25) is 4.79 Å². The normalized spacial score (nSPS) is 19.1. The van der Waals surface area contributed by atoms with Crippen LogP contribution in [0.3, 0.4) is 0 Å². The van der Waals surface area contributed by atoms with Gasteiger partial charge >= 0.3 is 0 Å². The van der Waals surface area contributed by atoms with Crippen molar-refractivity contribution in [2.75, 3.05) is 11.4 Å². The summed E-state index contributed by atoms with van der Waals surface area (Å²) in [5, 5.41) is 2.65. The molecule has 0 aromatic heterocycles. The van der Waals surface area contributed by atoms with Crippen LogP contribution in [0, 0.1) is 0 Å². The van der Waals surface area contributed by atoms with Gasteiger partial charge in [-0.15, -0.1) is 0 Å². The molecule has 2 N–H and O–H groups in total. The molecule has 122 valence electrons. The van der Waals surface area contributed by atoms with E-state index >= 15 is 0 Å². The van der Waals surface area contributed by atoms with Crippen molar-refractivity contribution in [2.24, 2.45) is 5.73 Å². The Labute approximate surface area is 138 Å². The molecule has 1 aliphatic rings. The monoisotopic (exact) mass is 310 g/mol. The summed E-state index contributed by atoms with van der Waals surface area (Å²) in [6.45, 7) is 7.86. The minimum Gasteiger partial charge on any atom is -0.370 e. The lowest BCUT2D eigenvalue weighted by Gasteiger charge is -2.34. The van der Waals surface area contributed by atoms with Gasteiger partial charge in [-0.05, 0) is 42.2 Å². The number of amides is 1. The van der Waals surface area contributed by atoms with E-state index in [4.69, 9.17) is 5.73 Å². The Morgan fingerprint density at radius 1 is 1.22 bits per heavy atom. The second kappa shape index (κ2) is 5.88. The van der Waals surface area contributed by atoms with Crippen LogP contribution in [0.15, 0.2) is 36.4 Å². The summed E-state index contributed by atoms with van der Waals surface area (Å²) in [7, 11) is 0. The van der Waals surface area contributed by atoms with Gasteiger partial charge in [-0.25, -0.2) is 0 Å². The Bertz CT molecular complexity index is 735. The number of hydrogen-bond donors (Lipinski definition) is 1. The second-order valence-corrected chi connectivity index (χ2v) is 7.06. The van der Waals surface area contributed by atoms with Gasteiger partial charge in [0.05, 0.1) is 0 Å². The first-order valence-corrected chi connectivity index (χ1v) is 8.54. The highest BCUT2D eigenvalue weighted by Gasteiger charge is 2.44. The summed E-state index contributed by atoms with van der Waals surface area (Å²) in [6, 6.07) is 13.5. The minimum atomic E-state index is -0.202. The van der Waals surface area contributed by atoms with E-state index in [-0.39, 0.29) is 11.3 Å². The number of hydrogen-bond acceptors (Lipinski definition) is 2. The van der Waals surface area contributed by atoms with E-state index in [0.29, 0.717) is 12.5 Å². The number of nitrogens with two attached hydrogens (primary N) is 1. The zero-order valence-electron chi connectivity index (χ0n) is 14.3. The highest BCUT2D eigenvalue weighted by molar-refractivity contribution is 5.93. The summed E-state index contributed by atoms with van der Waals surface area (Å²) in [5.41, 5.74) is 8.17.